The van der Waals surface area contributed by atoms with Gasteiger partial charge in [0, 0.05) is 11.1 Å². The fourth-order valence-electron chi connectivity index (χ4n) is 3.13. The molecule has 0 heterocycles. The third kappa shape index (κ3) is 4.74. The first-order chi connectivity index (χ1) is 14.0. The van der Waals surface area contributed by atoms with E-state index in [1.807, 2.05) is 56.3 Å². The van der Waals surface area contributed by atoms with Crippen molar-refractivity contribution in [1.82, 2.24) is 0 Å². The van der Waals surface area contributed by atoms with Gasteiger partial charge in [-0.3, -0.25) is 4.79 Å². The largest absolute Gasteiger partial charge is 0.480 e. The summed E-state index contributed by atoms with van der Waals surface area (Å²) in [6.07, 6.45) is -0.111. The van der Waals surface area contributed by atoms with Gasteiger partial charge in [0.2, 0.25) is 0 Å². The molecule has 3 aromatic rings. The van der Waals surface area contributed by atoms with Crippen LogP contribution in [0.4, 0.5) is 5.69 Å². The second-order valence-corrected chi connectivity index (χ2v) is 6.73. The zero-order chi connectivity index (χ0) is 20.8. The molecule has 3 rings (SSSR count). The highest BCUT2D eigenvalue weighted by atomic mass is 16.5. The minimum atomic E-state index is -0.634. The summed E-state index contributed by atoms with van der Waals surface area (Å²) < 4.78 is 11.1. The predicted molar refractivity (Wildman–Crippen MR) is 114 cm³/mol. The molecule has 1 amide bonds. The second-order valence-electron chi connectivity index (χ2n) is 6.73. The molecule has 0 fully saturated rings. The second kappa shape index (κ2) is 9.24. The molecule has 0 spiro atoms. The first-order valence-electron chi connectivity index (χ1n) is 9.76. The van der Waals surface area contributed by atoms with Gasteiger partial charge in [0.05, 0.1) is 12.2 Å². The van der Waals surface area contributed by atoms with E-state index in [2.05, 4.69) is 5.32 Å². The Morgan fingerprint density at radius 1 is 1.00 bits per heavy atom. The topological polar surface area (TPSA) is 64.6 Å². The highest BCUT2D eigenvalue weighted by Crippen LogP contribution is 2.27. The van der Waals surface area contributed by atoms with Crippen molar-refractivity contribution in [1.29, 1.82) is 0 Å². The lowest BCUT2D eigenvalue weighted by atomic mass is 10.1. The summed E-state index contributed by atoms with van der Waals surface area (Å²) in [5, 5.41) is 4.94. The van der Waals surface area contributed by atoms with Gasteiger partial charge >= 0.3 is 5.97 Å². The average molecular weight is 391 g/mol. The number of nitrogens with one attached hydrogen (secondary N) is 1. The Kier molecular flexibility index (Phi) is 6.50. The summed E-state index contributed by atoms with van der Waals surface area (Å²) in [6.45, 7) is 5.83. The van der Waals surface area contributed by atoms with Gasteiger partial charge in [-0.1, -0.05) is 43.3 Å². The molecule has 0 bridgehead atoms. The lowest BCUT2D eigenvalue weighted by Gasteiger charge is -2.19. The Bertz CT molecular complexity index is 1020. The molecule has 5 heteroatoms. The van der Waals surface area contributed by atoms with Crippen molar-refractivity contribution in [2.24, 2.45) is 0 Å². The van der Waals surface area contributed by atoms with Crippen LogP contribution in [0.25, 0.3) is 10.8 Å². The number of benzene rings is 3. The molecule has 0 aromatic heterocycles. The Morgan fingerprint density at radius 3 is 2.48 bits per heavy atom. The molecule has 0 saturated carbocycles. The lowest BCUT2D eigenvalue weighted by Crippen LogP contribution is -2.32. The smallest absolute Gasteiger partial charge is 0.338 e. The Labute approximate surface area is 170 Å². The molecule has 0 aliphatic heterocycles. The van der Waals surface area contributed by atoms with Crippen molar-refractivity contribution in [3.8, 4) is 5.75 Å². The molecular weight excluding hydrogens is 366 g/mol. The van der Waals surface area contributed by atoms with Crippen molar-refractivity contribution >= 4 is 28.3 Å². The van der Waals surface area contributed by atoms with E-state index >= 15 is 0 Å². The molecule has 3 aromatic carbocycles. The first kappa shape index (κ1) is 20.4. The molecule has 150 valence electrons. The van der Waals surface area contributed by atoms with Crippen LogP contribution in [0.2, 0.25) is 0 Å². The summed E-state index contributed by atoms with van der Waals surface area (Å²) in [6, 6.07) is 18.8. The van der Waals surface area contributed by atoms with E-state index in [1.165, 1.54) is 0 Å². The van der Waals surface area contributed by atoms with E-state index in [9.17, 15) is 9.59 Å². The average Bonchev–Trinajstić information content (AvgIpc) is 2.73. The molecule has 29 heavy (non-hydrogen) atoms. The molecule has 0 aliphatic rings. The van der Waals surface area contributed by atoms with E-state index < -0.39 is 6.10 Å². The quantitative estimate of drug-likeness (QED) is 0.568. The van der Waals surface area contributed by atoms with Crippen molar-refractivity contribution in [2.75, 3.05) is 11.9 Å². The monoisotopic (exact) mass is 391 g/mol. The maximum atomic E-state index is 12.8. The van der Waals surface area contributed by atoms with E-state index in [0.717, 1.165) is 16.3 Å². The van der Waals surface area contributed by atoms with Crippen LogP contribution in [0.5, 0.6) is 5.75 Å². The van der Waals surface area contributed by atoms with Crippen molar-refractivity contribution in [3.05, 3.63) is 71.8 Å². The van der Waals surface area contributed by atoms with Crippen LogP contribution in [-0.2, 0) is 9.53 Å². The Morgan fingerprint density at radius 2 is 1.76 bits per heavy atom. The van der Waals surface area contributed by atoms with Crippen molar-refractivity contribution in [2.45, 2.75) is 33.3 Å². The van der Waals surface area contributed by atoms with Gasteiger partial charge in [-0.05, 0) is 55.5 Å². The lowest BCUT2D eigenvalue weighted by molar-refractivity contribution is -0.122. The van der Waals surface area contributed by atoms with Crippen molar-refractivity contribution in [3.63, 3.8) is 0 Å². The van der Waals surface area contributed by atoms with Crippen LogP contribution in [0.15, 0.2) is 60.7 Å². The SMILES string of the molecule is CCOC(=O)c1ccc(NC(=O)[C@@H](CC)Oc2cccc3ccccc23)c(C)c1. The summed E-state index contributed by atoms with van der Waals surface area (Å²) in [5.74, 6) is 0.0751. The fourth-order valence-corrected chi connectivity index (χ4v) is 3.13. The van der Waals surface area contributed by atoms with Gasteiger partial charge < -0.3 is 14.8 Å². The highest BCUT2D eigenvalue weighted by molar-refractivity contribution is 5.97. The number of amides is 1. The third-order valence-corrected chi connectivity index (χ3v) is 4.68. The molecule has 1 N–H and O–H groups in total. The number of anilines is 1. The number of carbonyl (C=O) groups is 2. The van der Waals surface area contributed by atoms with E-state index in [0.29, 0.717) is 30.0 Å². The van der Waals surface area contributed by atoms with Crippen LogP contribution < -0.4 is 10.1 Å². The number of hydrogen-bond donors (Lipinski definition) is 1. The summed E-state index contributed by atoms with van der Waals surface area (Å²) in [7, 11) is 0. The van der Waals surface area contributed by atoms with Crippen LogP contribution >= 0.6 is 0 Å². The number of hydrogen-bond acceptors (Lipinski definition) is 4. The zero-order valence-corrected chi connectivity index (χ0v) is 16.9. The summed E-state index contributed by atoms with van der Waals surface area (Å²) >= 11 is 0. The summed E-state index contributed by atoms with van der Waals surface area (Å²) in [4.78, 5) is 24.7. The summed E-state index contributed by atoms with van der Waals surface area (Å²) in [5.41, 5.74) is 1.88. The molecule has 0 saturated heterocycles. The standard InChI is InChI=1S/C24H25NO4/c1-4-21(29-22-12-8-10-17-9-6-7-11-19(17)22)23(26)25-20-14-13-18(15-16(20)3)24(27)28-5-2/h6-15,21H,4-5H2,1-3H3,(H,25,26)/t21-/m1/s1. The third-order valence-electron chi connectivity index (χ3n) is 4.68. The number of aryl methyl sites for hydroxylation is 1. The van der Waals surface area contributed by atoms with E-state index in [4.69, 9.17) is 9.47 Å². The van der Waals surface area contributed by atoms with Crippen LogP contribution in [0, 0.1) is 6.92 Å². The van der Waals surface area contributed by atoms with Crippen molar-refractivity contribution < 1.29 is 19.1 Å². The fraction of sp³-hybridized carbons (Fsp3) is 0.250. The zero-order valence-electron chi connectivity index (χ0n) is 16.9. The molecule has 0 radical (unpaired) electrons. The Balaban J connectivity index is 1.75. The van der Waals surface area contributed by atoms with E-state index in [-0.39, 0.29) is 11.9 Å². The number of fused-ring (bicyclic) bond motifs is 1. The van der Waals surface area contributed by atoms with E-state index in [1.54, 1.807) is 25.1 Å². The Hall–Kier alpha value is -3.34. The van der Waals surface area contributed by atoms with Gasteiger partial charge in [-0.25, -0.2) is 4.79 Å². The minimum absolute atomic E-state index is 0.229. The van der Waals surface area contributed by atoms with Crippen LogP contribution in [0.1, 0.15) is 36.2 Å². The molecular formula is C24H25NO4. The number of carbonyl (C=O) groups excluding carboxylic acids is 2. The molecule has 5 nitrogen and oxygen atoms in total. The highest BCUT2D eigenvalue weighted by Gasteiger charge is 2.20. The minimum Gasteiger partial charge on any atom is -0.480 e. The maximum absolute atomic E-state index is 12.8. The molecule has 1 atom stereocenters. The molecule has 0 unspecified atom stereocenters. The number of rotatable bonds is 7. The van der Waals surface area contributed by atoms with Gasteiger partial charge in [-0.2, -0.15) is 0 Å². The van der Waals surface area contributed by atoms with Crippen LogP contribution in [-0.4, -0.2) is 24.6 Å². The first-order valence-corrected chi connectivity index (χ1v) is 9.76. The maximum Gasteiger partial charge on any atom is 0.338 e. The van der Waals surface area contributed by atoms with Crippen LogP contribution in [0.3, 0.4) is 0 Å². The normalized spacial score (nSPS) is 11.7. The number of esters is 1. The van der Waals surface area contributed by atoms with Gasteiger partial charge in [0.15, 0.2) is 6.10 Å². The number of ether oxygens (including phenoxy) is 2. The van der Waals surface area contributed by atoms with Gasteiger partial charge in [0.25, 0.3) is 5.91 Å². The van der Waals surface area contributed by atoms with Gasteiger partial charge in [-0.15, -0.1) is 0 Å². The molecule has 0 aliphatic carbocycles. The van der Waals surface area contributed by atoms with Gasteiger partial charge in [0.1, 0.15) is 5.75 Å². The predicted octanol–water partition coefficient (Wildman–Crippen LogP) is 5.12.